The van der Waals surface area contributed by atoms with Crippen molar-refractivity contribution >= 4 is 18.4 Å². The number of hydrogen-bond donors (Lipinski definition) is 0. The Kier molecular flexibility index (Phi) is 13.4. The van der Waals surface area contributed by atoms with Gasteiger partial charge in [0.2, 0.25) is 0 Å². The molecule has 0 radical (unpaired) electrons. The Labute approximate surface area is 269 Å². The molecule has 0 bridgehead atoms. The summed E-state index contributed by atoms with van der Waals surface area (Å²) in [5.74, 6) is 2.86. The van der Waals surface area contributed by atoms with E-state index >= 15 is 0 Å². The van der Waals surface area contributed by atoms with Crippen LogP contribution in [0.3, 0.4) is 0 Å². The topological polar surface area (TPSA) is 71.1 Å². The molecule has 0 N–H and O–H groups in total. The second-order valence-corrected chi connectivity index (χ2v) is 19.8. The minimum absolute atomic E-state index is 0.0119. The first-order valence-electron chi connectivity index (χ1n) is 17.0. The maximum absolute atomic E-state index is 14.1. The summed E-state index contributed by atoms with van der Waals surface area (Å²) in [6.45, 7) is 21.2. The summed E-state index contributed by atoms with van der Waals surface area (Å²) in [6.07, 6.45) is 10.8. The van der Waals surface area contributed by atoms with Gasteiger partial charge in [0, 0.05) is 6.42 Å². The van der Waals surface area contributed by atoms with Crippen molar-refractivity contribution in [3.8, 4) is 12.3 Å². The summed E-state index contributed by atoms with van der Waals surface area (Å²) in [4.78, 5) is 0.244. The van der Waals surface area contributed by atoms with Crippen LogP contribution in [0.1, 0.15) is 129 Å². The fourth-order valence-corrected chi connectivity index (χ4v) is 11.2. The van der Waals surface area contributed by atoms with E-state index in [9.17, 15) is 8.42 Å². The summed E-state index contributed by atoms with van der Waals surface area (Å²) < 4.78 is 54.3. The molecule has 0 unspecified atom stereocenters. The molecule has 6 atom stereocenters. The van der Waals surface area contributed by atoms with E-state index in [4.69, 9.17) is 24.5 Å². The highest BCUT2D eigenvalue weighted by Gasteiger charge is 2.44. The van der Waals surface area contributed by atoms with Gasteiger partial charge in [0.15, 0.2) is 14.4 Å². The number of hydrogen-bond acceptors (Lipinski definition) is 6. The average molecular weight is 647 g/mol. The van der Waals surface area contributed by atoms with Gasteiger partial charge in [-0.2, -0.15) is 8.42 Å². The molecule has 0 spiro atoms. The van der Waals surface area contributed by atoms with E-state index in [1.54, 1.807) is 0 Å². The van der Waals surface area contributed by atoms with E-state index in [0.29, 0.717) is 12.8 Å². The third-order valence-corrected chi connectivity index (χ3v) is 15.8. The van der Waals surface area contributed by atoms with Crippen LogP contribution in [-0.4, -0.2) is 53.4 Å². The van der Waals surface area contributed by atoms with Gasteiger partial charge in [-0.05, 0) is 71.8 Å². The lowest BCUT2D eigenvalue weighted by molar-refractivity contribution is -0.0946. The van der Waals surface area contributed by atoms with Crippen LogP contribution in [0.5, 0.6) is 0 Å². The van der Waals surface area contributed by atoms with E-state index < -0.39 is 30.6 Å². The lowest BCUT2D eigenvalue weighted by atomic mass is 9.89. The Morgan fingerprint density at radius 3 is 1.93 bits per heavy atom. The Morgan fingerprint density at radius 2 is 1.45 bits per heavy atom. The SMILES string of the molecule is C#C[C@@H](OS(=O)(=O)c1c(C(C)C)cc(C(C)C)cc1C(C)C)[C@H]1C[C@@H]2O[C@H](CC)[C@H](O[Si](CC)(CC)CC)C/C=C\C[C@@H]2O1. The third kappa shape index (κ3) is 8.46. The molecule has 44 heavy (non-hydrogen) atoms. The van der Waals surface area contributed by atoms with Crippen molar-refractivity contribution in [1.29, 1.82) is 0 Å². The Bertz CT molecular complexity index is 1220. The molecule has 2 heterocycles. The molecule has 0 amide bonds. The van der Waals surface area contributed by atoms with Crippen LogP contribution in [0.25, 0.3) is 0 Å². The van der Waals surface area contributed by atoms with Gasteiger partial charge >= 0.3 is 0 Å². The first kappa shape index (κ1) is 37.0. The number of benzene rings is 1. The van der Waals surface area contributed by atoms with Crippen LogP contribution in [0.15, 0.2) is 29.2 Å². The van der Waals surface area contributed by atoms with Crippen LogP contribution in [0, 0.1) is 12.3 Å². The maximum Gasteiger partial charge on any atom is 0.298 e. The first-order chi connectivity index (χ1) is 20.8. The molecule has 0 aliphatic carbocycles. The second-order valence-electron chi connectivity index (χ2n) is 13.5. The first-order valence-corrected chi connectivity index (χ1v) is 20.9. The van der Waals surface area contributed by atoms with Crippen LogP contribution >= 0.6 is 0 Å². The van der Waals surface area contributed by atoms with Crippen LogP contribution in [0.4, 0.5) is 0 Å². The largest absolute Gasteiger partial charge is 0.411 e. The molecular weight excluding hydrogens is 589 g/mol. The van der Waals surface area contributed by atoms with Crippen molar-refractivity contribution in [3.63, 3.8) is 0 Å². The van der Waals surface area contributed by atoms with Crippen LogP contribution in [-0.2, 0) is 28.2 Å². The molecule has 0 aromatic heterocycles. The summed E-state index contributed by atoms with van der Waals surface area (Å²) in [6, 6.07) is 7.27. The Hall–Kier alpha value is -1.47. The summed E-state index contributed by atoms with van der Waals surface area (Å²) in [7, 11) is -6.04. The zero-order chi connectivity index (χ0) is 32.8. The number of fused-ring (bicyclic) bond motifs is 1. The molecule has 8 heteroatoms. The Morgan fingerprint density at radius 1 is 0.886 bits per heavy atom. The van der Waals surface area contributed by atoms with Crippen molar-refractivity contribution < 1.29 is 26.5 Å². The molecule has 1 aromatic carbocycles. The number of rotatable bonds is 13. The Balaban J connectivity index is 1.89. The van der Waals surface area contributed by atoms with E-state index in [1.807, 2.05) is 39.8 Å². The second kappa shape index (κ2) is 15.9. The van der Waals surface area contributed by atoms with Gasteiger partial charge in [0.05, 0.1) is 30.5 Å². The highest BCUT2D eigenvalue weighted by atomic mass is 32.2. The molecule has 6 nitrogen and oxygen atoms in total. The van der Waals surface area contributed by atoms with Crippen LogP contribution < -0.4 is 0 Å². The normalized spacial score (nSPS) is 26.2. The van der Waals surface area contributed by atoms with E-state index in [2.05, 4.69) is 59.6 Å². The maximum atomic E-state index is 14.1. The monoisotopic (exact) mass is 646 g/mol. The van der Waals surface area contributed by atoms with E-state index in [0.717, 1.165) is 47.7 Å². The molecule has 2 aliphatic rings. The predicted molar refractivity (Wildman–Crippen MR) is 182 cm³/mol. The highest BCUT2D eigenvalue weighted by molar-refractivity contribution is 7.87. The van der Waals surface area contributed by atoms with Gasteiger partial charge in [0.25, 0.3) is 10.1 Å². The summed E-state index contributed by atoms with van der Waals surface area (Å²) in [5.41, 5.74) is 2.64. The van der Waals surface area contributed by atoms with Crippen molar-refractivity contribution in [2.45, 2.75) is 172 Å². The zero-order valence-corrected chi connectivity index (χ0v) is 30.7. The van der Waals surface area contributed by atoms with Crippen molar-refractivity contribution in [2.75, 3.05) is 0 Å². The predicted octanol–water partition coefficient (Wildman–Crippen LogP) is 8.83. The molecule has 1 aromatic rings. The summed E-state index contributed by atoms with van der Waals surface area (Å²) >= 11 is 0. The van der Waals surface area contributed by atoms with Gasteiger partial charge < -0.3 is 13.9 Å². The molecule has 2 aliphatic heterocycles. The molecule has 248 valence electrons. The molecular formula is C36H58O6SSi. The minimum atomic E-state index is -4.20. The molecule has 3 rings (SSSR count). The van der Waals surface area contributed by atoms with Crippen molar-refractivity contribution in [1.82, 2.24) is 0 Å². The smallest absolute Gasteiger partial charge is 0.298 e. The van der Waals surface area contributed by atoms with Crippen molar-refractivity contribution in [2.24, 2.45) is 0 Å². The quantitative estimate of drug-likeness (QED) is 0.0923. The number of terminal acetylenes is 1. The molecule has 0 saturated carbocycles. The van der Waals surface area contributed by atoms with Gasteiger partial charge in [-0.25, -0.2) is 4.18 Å². The minimum Gasteiger partial charge on any atom is -0.411 e. The van der Waals surface area contributed by atoms with Gasteiger partial charge in [-0.15, -0.1) is 6.42 Å². The standard InChI is InChI=1S/C36H58O6SSi/c1-12-30-33(42-44(14-3,15-4)16-5)20-18-17-19-32-35(39-30)23-34(40-32)31(13-2)41-43(37,38)36-28(25(8)9)21-27(24(6)7)22-29(36)26(10)11/h2,17-18,21-22,24-26,30-35H,12,14-16,19-20,23H2,1,3-11H3/b18-17-/t30-,31-,32+,33-,34-,35+/m1/s1. The van der Waals surface area contributed by atoms with Crippen LogP contribution in [0.2, 0.25) is 18.1 Å². The molecule has 1 saturated heterocycles. The van der Waals surface area contributed by atoms with Gasteiger partial charge in [-0.1, -0.05) is 99.4 Å². The zero-order valence-electron chi connectivity index (χ0n) is 28.9. The lowest BCUT2D eigenvalue weighted by Crippen LogP contribution is -2.46. The lowest BCUT2D eigenvalue weighted by Gasteiger charge is -2.37. The van der Waals surface area contributed by atoms with Gasteiger partial charge in [-0.3, -0.25) is 0 Å². The summed E-state index contributed by atoms with van der Waals surface area (Å²) in [5, 5.41) is 0. The molecule has 1 fully saturated rings. The van der Waals surface area contributed by atoms with Gasteiger partial charge in [0.1, 0.15) is 4.90 Å². The third-order valence-electron chi connectivity index (χ3n) is 9.70. The highest BCUT2D eigenvalue weighted by Crippen LogP contribution is 2.38. The fraction of sp³-hybridized carbons (Fsp3) is 0.722. The van der Waals surface area contributed by atoms with E-state index in [-0.39, 0.29) is 47.1 Å². The van der Waals surface area contributed by atoms with Crippen molar-refractivity contribution in [3.05, 3.63) is 41.0 Å². The average Bonchev–Trinajstić information content (AvgIpc) is 3.42. The fourth-order valence-electron chi connectivity index (χ4n) is 6.58. The number of ether oxygens (including phenoxy) is 2. The van der Waals surface area contributed by atoms with E-state index in [1.165, 1.54) is 0 Å².